The quantitative estimate of drug-likeness (QED) is 0.0984. The average molecular weight is 607 g/mol. The second kappa shape index (κ2) is 17.2. The van der Waals surface area contributed by atoms with Crippen LogP contribution in [0.15, 0.2) is 97.1 Å². The third kappa shape index (κ3) is 10.5. The number of nitriles is 1. The molecular weight excluding hydrogens is 568 g/mol. The lowest BCUT2D eigenvalue weighted by Gasteiger charge is -2.23. The molecule has 0 atom stereocenters. The van der Waals surface area contributed by atoms with Crippen LogP contribution in [0.3, 0.4) is 0 Å². The van der Waals surface area contributed by atoms with Gasteiger partial charge in [0.1, 0.15) is 23.9 Å². The third-order valence-electron chi connectivity index (χ3n) is 7.32. The van der Waals surface area contributed by atoms with E-state index in [-0.39, 0.29) is 11.9 Å². The Hall–Kier alpha value is -5.13. The third-order valence-corrected chi connectivity index (χ3v) is 7.32. The number of benzene rings is 4. The standard InChI is InChI=1S/C37H38N2O6/c1-42-36(40)9-5-6-23-39(26-29-10-16-32(17-11-29)37(41)43-2)24-22-31-7-3-4-8-35(31)44-27-30-14-20-34(21-15-30)45-33-18-12-28(25-38)13-19-33/h3-4,7-8,10-21H,5-6,9,22-24,26-27H2,1-2H3. The summed E-state index contributed by atoms with van der Waals surface area (Å²) in [6.45, 7) is 2.73. The molecule has 0 spiro atoms. The number of unbranched alkanes of at least 4 members (excludes halogenated alkanes) is 1. The lowest BCUT2D eigenvalue weighted by molar-refractivity contribution is -0.140. The highest BCUT2D eigenvalue weighted by Gasteiger charge is 2.12. The number of nitrogens with zero attached hydrogens (tertiary/aromatic N) is 2. The zero-order valence-electron chi connectivity index (χ0n) is 25.7. The predicted octanol–water partition coefficient (Wildman–Crippen LogP) is 7.10. The van der Waals surface area contributed by atoms with Gasteiger partial charge in [-0.3, -0.25) is 9.69 Å². The second-order valence-electron chi connectivity index (χ2n) is 10.5. The van der Waals surface area contributed by atoms with Crippen molar-refractivity contribution in [2.24, 2.45) is 0 Å². The minimum absolute atomic E-state index is 0.195. The molecule has 0 aliphatic carbocycles. The van der Waals surface area contributed by atoms with E-state index >= 15 is 0 Å². The molecule has 0 bridgehead atoms. The van der Waals surface area contributed by atoms with Crippen molar-refractivity contribution in [2.75, 3.05) is 27.3 Å². The number of ether oxygens (including phenoxy) is 4. The van der Waals surface area contributed by atoms with Gasteiger partial charge in [0.15, 0.2) is 0 Å². The minimum atomic E-state index is -0.356. The first-order valence-corrected chi connectivity index (χ1v) is 14.9. The predicted molar refractivity (Wildman–Crippen MR) is 171 cm³/mol. The Kier molecular flexibility index (Phi) is 12.6. The Morgan fingerprint density at radius 3 is 2.09 bits per heavy atom. The van der Waals surface area contributed by atoms with Gasteiger partial charge in [-0.1, -0.05) is 42.5 Å². The fraction of sp³-hybridized carbons (Fsp3) is 0.270. The van der Waals surface area contributed by atoms with E-state index in [1.807, 2.05) is 54.6 Å². The molecule has 0 amide bonds. The molecule has 8 nitrogen and oxygen atoms in total. The zero-order chi connectivity index (χ0) is 31.9. The van der Waals surface area contributed by atoms with Crippen LogP contribution in [0, 0.1) is 11.3 Å². The number of hydrogen-bond acceptors (Lipinski definition) is 8. The molecule has 0 aliphatic rings. The van der Waals surface area contributed by atoms with E-state index in [2.05, 4.69) is 17.0 Å². The number of methoxy groups -OCH3 is 2. The average Bonchev–Trinajstić information content (AvgIpc) is 3.09. The van der Waals surface area contributed by atoms with Crippen LogP contribution in [0.25, 0.3) is 0 Å². The molecule has 4 aromatic rings. The maximum absolute atomic E-state index is 11.8. The number of rotatable bonds is 16. The largest absolute Gasteiger partial charge is 0.489 e. The topological polar surface area (TPSA) is 98.1 Å². The minimum Gasteiger partial charge on any atom is -0.489 e. The van der Waals surface area contributed by atoms with E-state index in [4.69, 9.17) is 24.2 Å². The van der Waals surface area contributed by atoms with Crippen molar-refractivity contribution in [3.63, 3.8) is 0 Å². The summed E-state index contributed by atoms with van der Waals surface area (Å²) < 4.78 is 21.7. The van der Waals surface area contributed by atoms with E-state index in [1.165, 1.54) is 14.2 Å². The molecule has 0 saturated heterocycles. The summed E-state index contributed by atoms with van der Waals surface area (Å²) >= 11 is 0. The summed E-state index contributed by atoms with van der Waals surface area (Å²) in [5.74, 6) is 1.66. The molecular formula is C37H38N2O6. The maximum atomic E-state index is 11.8. The number of para-hydroxylation sites is 1. The van der Waals surface area contributed by atoms with Crippen LogP contribution < -0.4 is 9.47 Å². The summed E-state index contributed by atoms with van der Waals surface area (Å²) in [5, 5.41) is 8.97. The Bertz CT molecular complexity index is 1560. The van der Waals surface area contributed by atoms with Crippen LogP contribution in [-0.2, 0) is 33.8 Å². The van der Waals surface area contributed by atoms with Gasteiger partial charge in [0.25, 0.3) is 0 Å². The van der Waals surface area contributed by atoms with Crippen LogP contribution in [0.5, 0.6) is 17.2 Å². The monoisotopic (exact) mass is 606 g/mol. The van der Waals surface area contributed by atoms with Crippen LogP contribution in [0.4, 0.5) is 0 Å². The zero-order valence-corrected chi connectivity index (χ0v) is 25.7. The number of carbonyl (C=O) groups is 2. The lowest BCUT2D eigenvalue weighted by atomic mass is 10.1. The first-order valence-electron chi connectivity index (χ1n) is 14.9. The van der Waals surface area contributed by atoms with Crippen molar-refractivity contribution in [1.82, 2.24) is 4.90 Å². The highest BCUT2D eigenvalue weighted by molar-refractivity contribution is 5.89. The fourth-order valence-corrected chi connectivity index (χ4v) is 4.78. The summed E-state index contributed by atoms with van der Waals surface area (Å²) in [6.07, 6.45) is 2.79. The van der Waals surface area contributed by atoms with Crippen molar-refractivity contribution < 1.29 is 28.5 Å². The van der Waals surface area contributed by atoms with Crippen molar-refractivity contribution >= 4 is 11.9 Å². The highest BCUT2D eigenvalue weighted by atomic mass is 16.5. The van der Waals surface area contributed by atoms with E-state index in [0.717, 1.165) is 54.8 Å². The Morgan fingerprint density at radius 2 is 1.42 bits per heavy atom. The van der Waals surface area contributed by atoms with Gasteiger partial charge >= 0.3 is 11.9 Å². The first-order chi connectivity index (χ1) is 22.0. The number of hydrogen-bond donors (Lipinski definition) is 0. The SMILES string of the molecule is COC(=O)CCCCN(CCc1ccccc1OCc1ccc(Oc2ccc(C#N)cc2)cc1)Cc1ccc(C(=O)OC)cc1. The van der Waals surface area contributed by atoms with Crippen LogP contribution in [0.1, 0.15) is 51.9 Å². The van der Waals surface area contributed by atoms with Crippen molar-refractivity contribution in [2.45, 2.75) is 38.8 Å². The van der Waals surface area contributed by atoms with E-state index in [0.29, 0.717) is 42.2 Å². The van der Waals surface area contributed by atoms with Crippen molar-refractivity contribution in [1.29, 1.82) is 5.26 Å². The highest BCUT2D eigenvalue weighted by Crippen LogP contribution is 2.24. The first kappa shape index (κ1) is 32.8. The molecule has 45 heavy (non-hydrogen) atoms. The molecule has 0 fully saturated rings. The number of esters is 2. The molecule has 0 aromatic heterocycles. The van der Waals surface area contributed by atoms with Crippen molar-refractivity contribution in [3.8, 4) is 23.3 Å². The van der Waals surface area contributed by atoms with Gasteiger partial charge in [-0.15, -0.1) is 0 Å². The molecule has 4 aromatic carbocycles. The molecule has 8 heteroatoms. The summed E-state index contributed by atoms with van der Waals surface area (Å²) in [4.78, 5) is 25.8. The second-order valence-corrected chi connectivity index (χ2v) is 10.5. The van der Waals surface area contributed by atoms with Crippen LogP contribution >= 0.6 is 0 Å². The Morgan fingerprint density at radius 1 is 0.756 bits per heavy atom. The molecule has 0 aliphatic heterocycles. The Labute approximate surface area is 264 Å². The van der Waals surface area contributed by atoms with E-state index in [1.54, 1.807) is 36.4 Å². The van der Waals surface area contributed by atoms with Gasteiger partial charge in [-0.2, -0.15) is 5.26 Å². The summed E-state index contributed by atoms with van der Waals surface area (Å²) in [5.41, 5.74) is 4.32. The van der Waals surface area contributed by atoms with E-state index in [9.17, 15) is 9.59 Å². The lowest BCUT2D eigenvalue weighted by Crippen LogP contribution is -2.27. The van der Waals surface area contributed by atoms with Gasteiger partial charge in [-0.05, 0) is 97.1 Å². The van der Waals surface area contributed by atoms with Gasteiger partial charge in [0.05, 0.1) is 31.4 Å². The number of carbonyl (C=O) groups excluding carboxylic acids is 2. The Balaban J connectivity index is 1.35. The molecule has 0 unspecified atom stereocenters. The summed E-state index contributed by atoms with van der Waals surface area (Å²) in [6, 6.07) is 32.4. The van der Waals surface area contributed by atoms with E-state index < -0.39 is 0 Å². The van der Waals surface area contributed by atoms with Gasteiger partial charge < -0.3 is 18.9 Å². The van der Waals surface area contributed by atoms with Gasteiger partial charge in [0, 0.05) is 19.5 Å². The molecule has 0 saturated carbocycles. The smallest absolute Gasteiger partial charge is 0.337 e. The van der Waals surface area contributed by atoms with Crippen molar-refractivity contribution in [3.05, 3.63) is 125 Å². The fourth-order valence-electron chi connectivity index (χ4n) is 4.78. The molecule has 0 N–H and O–H groups in total. The normalized spacial score (nSPS) is 10.6. The molecule has 4 rings (SSSR count). The van der Waals surface area contributed by atoms with Crippen LogP contribution in [-0.4, -0.2) is 44.1 Å². The molecule has 0 radical (unpaired) electrons. The maximum Gasteiger partial charge on any atom is 0.337 e. The van der Waals surface area contributed by atoms with Gasteiger partial charge in [-0.25, -0.2) is 4.79 Å². The summed E-state index contributed by atoms with van der Waals surface area (Å²) in [7, 11) is 2.79. The molecule has 232 valence electrons. The van der Waals surface area contributed by atoms with Gasteiger partial charge in [0.2, 0.25) is 0 Å². The molecule has 0 heterocycles. The van der Waals surface area contributed by atoms with Crippen LogP contribution in [0.2, 0.25) is 0 Å².